The molecule has 0 bridgehead atoms. The Labute approximate surface area is 212 Å². The van der Waals surface area contributed by atoms with Crippen molar-refractivity contribution in [3.05, 3.63) is 58.7 Å². The van der Waals surface area contributed by atoms with E-state index in [0.29, 0.717) is 34.2 Å². The molecule has 3 aromatic heterocycles. The molecule has 0 spiro atoms. The van der Waals surface area contributed by atoms with Crippen LogP contribution in [0.5, 0.6) is 0 Å². The molecule has 190 valence electrons. The number of halogens is 4. The Balaban J connectivity index is 1.32. The van der Waals surface area contributed by atoms with Gasteiger partial charge < -0.3 is 23.7 Å². The van der Waals surface area contributed by atoms with Crippen molar-refractivity contribution in [1.82, 2.24) is 24.6 Å². The first kappa shape index (κ1) is 24.6. The second kappa shape index (κ2) is 9.40. The van der Waals surface area contributed by atoms with E-state index in [-0.39, 0.29) is 35.4 Å². The van der Waals surface area contributed by atoms with Crippen molar-refractivity contribution in [2.45, 2.75) is 44.6 Å². The lowest BCUT2D eigenvalue weighted by molar-refractivity contribution is -0.139. The molecule has 0 unspecified atom stereocenters. The third-order valence-corrected chi connectivity index (χ3v) is 7.17. The maximum absolute atomic E-state index is 13.3. The van der Waals surface area contributed by atoms with Crippen molar-refractivity contribution in [3.8, 4) is 11.5 Å². The molecule has 1 aromatic carbocycles. The summed E-state index contributed by atoms with van der Waals surface area (Å²) in [6.07, 6.45) is 0.946. The second-order valence-corrected chi connectivity index (χ2v) is 9.87. The molecular weight excluding hydrogens is 543 g/mol. The van der Waals surface area contributed by atoms with Crippen LogP contribution in [0, 0.1) is 0 Å². The number of benzene rings is 1. The summed E-state index contributed by atoms with van der Waals surface area (Å²) in [4.78, 5) is 16.9. The topological polar surface area (TPSA) is 87.1 Å². The summed E-state index contributed by atoms with van der Waals surface area (Å²) >= 11 is 3.38. The minimum Gasteiger partial charge on any atom is -0.381 e. The first-order valence-corrected chi connectivity index (χ1v) is 12.1. The molecule has 4 aromatic rings. The Bertz CT molecular complexity index is 1400. The molecule has 1 saturated heterocycles. The monoisotopic (exact) mass is 565 g/mol. The highest BCUT2D eigenvalue weighted by Crippen LogP contribution is 2.34. The summed E-state index contributed by atoms with van der Waals surface area (Å²) in [5, 5.41) is 7.20. The number of rotatable bonds is 6. The number of hydrogen-bond acceptors (Lipinski definition) is 5. The Kier molecular flexibility index (Phi) is 6.41. The molecule has 1 amide bonds. The van der Waals surface area contributed by atoms with E-state index in [1.165, 1.54) is 0 Å². The van der Waals surface area contributed by atoms with E-state index in [1.807, 2.05) is 10.8 Å². The third-order valence-electron chi connectivity index (χ3n) is 6.48. The van der Waals surface area contributed by atoms with Gasteiger partial charge in [-0.3, -0.25) is 4.79 Å². The van der Waals surface area contributed by atoms with E-state index >= 15 is 0 Å². The highest BCUT2D eigenvalue weighted by atomic mass is 79.9. The minimum atomic E-state index is -4.44. The second-order valence-electron chi connectivity index (χ2n) is 9.01. The van der Waals surface area contributed by atoms with Gasteiger partial charge in [0.05, 0.1) is 23.3 Å². The highest BCUT2D eigenvalue weighted by Gasteiger charge is 2.31. The lowest BCUT2D eigenvalue weighted by atomic mass is 9.92. The van der Waals surface area contributed by atoms with E-state index in [4.69, 9.17) is 9.26 Å². The molecule has 0 atom stereocenters. The molecule has 1 aliphatic rings. The SMILES string of the molecule is CC1(n2ccc(C(=O)NCc3nc(-c4cc5c(Br)cccc5n4CC(F)(F)F)no3)c2)CCOCC1. The zero-order valence-electron chi connectivity index (χ0n) is 19.3. The molecule has 8 nitrogen and oxygen atoms in total. The lowest BCUT2D eigenvalue weighted by Gasteiger charge is -2.35. The van der Waals surface area contributed by atoms with Gasteiger partial charge in [0.25, 0.3) is 5.91 Å². The Morgan fingerprint density at radius 2 is 2.03 bits per heavy atom. The number of aromatic nitrogens is 4. The van der Waals surface area contributed by atoms with Crippen molar-refractivity contribution in [3.63, 3.8) is 0 Å². The standard InChI is InChI=1S/C24H23BrF3N5O3/c1-23(6-9-35-10-7-23)32-8-5-15(13-32)22(34)29-12-20-30-21(31-36-20)19-11-16-17(25)3-2-4-18(16)33(19)14-24(26,27)28/h2-5,8,11,13H,6-7,9-10,12,14H2,1H3,(H,29,34). The molecule has 1 fully saturated rings. The number of nitrogens with zero attached hydrogens (tertiary/aromatic N) is 4. The molecule has 12 heteroatoms. The van der Waals surface area contributed by atoms with Gasteiger partial charge in [-0.1, -0.05) is 27.2 Å². The van der Waals surface area contributed by atoms with E-state index in [9.17, 15) is 18.0 Å². The largest absolute Gasteiger partial charge is 0.406 e. The minimum absolute atomic E-state index is 0.00481. The van der Waals surface area contributed by atoms with Gasteiger partial charge in [0.2, 0.25) is 11.7 Å². The van der Waals surface area contributed by atoms with Crippen LogP contribution in [0.15, 0.2) is 51.7 Å². The maximum atomic E-state index is 13.3. The highest BCUT2D eigenvalue weighted by molar-refractivity contribution is 9.10. The van der Waals surface area contributed by atoms with Crippen LogP contribution in [0.4, 0.5) is 13.2 Å². The summed E-state index contributed by atoms with van der Waals surface area (Å²) in [6.45, 7) is 2.22. The smallest absolute Gasteiger partial charge is 0.381 e. The fraction of sp³-hybridized carbons (Fsp3) is 0.375. The molecular formula is C24H23BrF3N5O3. The average molecular weight is 566 g/mol. The van der Waals surface area contributed by atoms with Gasteiger partial charge in [-0.15, -0.1) is 0 Å². The lowest BCUT2D eigenvalue weighted by Crippen LogP contribution is -2.35. The Morgan fingerprint density at radius 3 is 2.78 bits per heavy atom. The summed E-state index contributed by atoms with van der Waals surface area (Å²) in [7, 11) is 0. The third kappa shape index (κ3) is 4.92. The van der Waals surface area contributed by atoms with Crippen molar-refractivity contribution in [2.24, 2.45) is 0 Å². The summed E-state index contributed by atoms with van der Waals surface area (Å²) in [5.41, 5.74) is 0.927. The Morgan fingerprint density at radius 1 is 1.25 bits per heavy atom. The quantitative estimate of drug-likeness (QED) is 0.344. The van der Waals surface area contributed by atoms with Crippen LogP contribution in [0.2, 0.25) is 0 Å². The summed E-state index contributed by atoms with van der Waals surface area (Å²) in [5.74, 6) is -0.235. The normalized spacial score (nSPS) is 15.9. The van der Waals surface area contributed by atoms with Crippen LogP contribution < -0.4 is 5.32 Å². The van der Waals surface area contributed by atoms with Gasteiger partial charge in [-0.25, -0.2) is 0 Å². The van der Waals surface area contributed by atoms with E-state index in [1.54, 1.807) is 36.5 Å². The number of ether oxygens (including phenoxy) is 1. The van der Waals surface area contributed by atoms with Gasteiger partial charge in [-0.2, -0.15) is 18.2 Å². The van der Waals surface area contributed by atoms with Crippen LogP contribution in [-0.4, -0.2) is 44.6 Å². The van der Waals surface area contributed by atoms with Gasteiger partial charge in [-0.05, 0) is 44.0 Å². The van der Waals surface area contributed by atoms with Crippen LogP contribution in [0.25, 0.3) is 22.4 Å². The van der Waals surface area contributed by atoms with E-state index in [2.05, 4.69) is 38.3 Å². The molecule has 0 saturated carbocycles. The number of nitrogens with one attached hydrogen (secondary N) is 1. The number of carbonyl (C=O) groups is 1. The van der Waals surface area contributed by atoms with E-state index in [0.717, 1.165) is 17.4 Å². The van der Waals surface area contributed by atoms with Crippen molar-refractivity contribution in [2.75, 3.05) is 13.2 Å². The number of carbonyl (C=O) groups excluding carboxylic acids is 1. The van der Waals surface area contributed by atoms with Gasteiger partial charge in [0.15, 0.2) is 0 Å². The predicted octanol–water partition coefficient (Wildman–Crippen LogP) is 5.27. The van der Waals surface area contributed by atoms with Crippen molar-refractivity contribution in [1.29, 1.82) is 0 Å². The molecule has 36 heavy (non-hydrogen) atoms. The number of fused-ring (bicyclic) bond motifs is 1. The van der Waals surface area contributed by atoms with Crippen LogP contribution >= 0.6 is 15.9 Å². The fourth-order valence-corrected chi connectivity index (χ4v) is 4.88. The molecule has 4 heterocycles. The number of alkyl halides is 3. The van der Waals surface area contributed by atoms with Crippen LogP contribution in [0.1, 0.15) is 36.0 Å². The fourth-order valence-electron chi connectivity index (χ4n) is 4.41. The summed E-state index contributed by atoms with van der Waals surface area (Å²) < 4.78 is 54.4. The first-order chi connectivity index (χ1) is 17.1. The molecule has 0 radical (unpaired) electrons. The number of amides is 1. The average Bonchev–Trinajstić information content (AvgIpc) is 3.57. The molecule has 0 aliphatic carbocycles. The van der Waals surface area contributed by atoms with E-state index < -0.39 is 12.7 Å². The van der Waals surface area contributed by atoms with Gasteiger partial charge in [0, 0.05) is 41.0 Å². The van der Waals surface area contributed by atoms with Crippen LogP contribution in [-0.2, 0) is 23.4 Å². The first-order valence-electron chi connectivity index (χ1n) is 11.3. The van der Waals surface area contributed by atoms with Gasteiger partial charge >= 0.3 is 6.18 Å². The van der Waals surface area contributed by atoms with Gasteiger partial charge in [0.1, 0.15) is 6.54 Å². The zero-order chi connectivity index (χ0) is 25.5. The summed E-state index contributed by atoms with van der Waals surface area (Å²) in [6, 6.07) is 8.33. The molecule has 5 rings (SSSR count). The maximum Gasteiger partial charge on any atom is 0.406 e. The van der Waals surface area contributed by atoms with Crippen molar-refractivity contribution >= 4 is 32.7 Å². The molecule has 1 aliphatic heterocycles. The van der Waals surface area contributed by atoms with Crippen molar-refractivity contribution < 1.29 is 27.2 Å². The number of hydrogen-bond donors (Lipinski definition) is 1. The predicted molar refractivity (Wildman–Crippen MR) is 128 cm³/mol. The Hall–Kier alpha value is -3.12. The van der Waals surface area contributed by atoms with Crippen LogP contribution in [0.3, 0.4) is 0 Å². The zero-order valence-corrected chi connectivity index (χ0v) is 20.9. The molecule has 1 N–H and O–H groups in total.